The fourth-order valence-electron chi connectivity index (χ4n) is 4.66. The molecule has 3 amide bonds. The molecule has 0 spiro atoms. The Morgan fingerprint density at radius 1 is 1.23 bits per heavy atom. The summed E-state index contributed by atoms with van der Waals surface area (Å²) in [4.78, 5) is 64.3. The van der Waals surface area contributed by atoms with E-state index >= 15 is 0 Å². The normalized spacial score (nSPS) is 19.2. The van der Waals surface area contributed by atoms with Gasteiger partial charge in [-0.15, -0.1) is 22.0 Å². The molecule has 0 bridgehead atoms. The number of alkyl carbamates (subject to hydrolysis) is 1. The third-order valence-corrected chi connectivity index (χ3v) is 10.6. The van der Waals surface area contributed by atoms with E-state index in [4.69, 9.17) is 9.26 Å². The van der Waals surface area contributed by atoms with E-state index in [0.717, 1.165) is 16.7 Å². The van der Waals surface area contributed by atoms with Crippen LogP contribution < -0.4 is 79.7 Å². The first-order valence-corrected chi connectivity index (χ1v) is 17.4. The van der Waals surface area contributed by atoms with Gasteiger partial charge in [-0.1, -0.05) is 36.0 Å². The standard InChI is InChI=1S/C26H34N7O9PS2.2Na/c1-5-41-43(39,40)12-17(45-24-29-31-32-30-24)16-13-44-22-19(21(35)33(22)20(16)23(36)37)28-18(34)10-14-8-6-7-9-15(14)11-27-25(38)42-26(2,3)4;;/h6-9,17,19,22H,5,10-13H2,1-4H3,(H,27,38)(H,28,34)(H,36,37)(H,39,40)(H,29,30,31,32);;/q;2*+1/p-2/t17?,19-,22+;;/m1../s1. The van der Waals surface area contributed by atoms with Gasteiger partial charge in [0, 0.05) is 23.7 Å². The van der Waals surface area contributed by atoms with Gasteiger partial charge in [0.15, 0.2) is 0 Å². The molecule has 1 saturated heterocycles. The van der Waals surface area contributed by atoms with Gasteiger partial charge >= 0.3 is 65.2 Å². The number of aromatic amines is 1. The fraction of sp³-hybridized carbons (Fsp3) is 0.500. The largest absolute Gasteiger partial charge is 1.00 e. The van der Waals surface area contributed by atoms with Gasteiger partial charge in [-0.25, -0.2) is 4.79 Å². The molecule has 1 aromatic carbocycles. The molecular formula is C26H32N7Na2O9PS2. The average molecular weight is 728 g/mol. The molecule has 2 unspecified atom stereocenters. The number of H-pyrrole nitrogens is 1. The molecular weight excluding hydrogens is 695 g/mol. The smallest absolute Gasteiger partial charge is 0.778 e. The topological polar surface area (TPSA) is 232 Å². The molecule has 1 fully saturated rings. The summed E-state index contributed by atoms with van der Waals surface area (Å²) < 4.78 is 22.7. The van der Waals surface area contributed by atoms with Gasteiger partial charge in [-0.2, -0.15) is 5.21 Å². The quantitative estimate of drug-likeness (QED) is 0.0755. The van der Waals surface area contributed by atoms with Crippen molar-refractivity contribution in [3.8, 4) is 0 Å². The van der Waals surface area contributed by atoms with Crippen LogP contribution in [0.3, 0.4) is 0 Å². The summed E-state index contributed by atoms with van der Waals surface area (Å²) >= 11 is 2.03. The molecule has 3 N–H and O–H groups in total. The molecule has 2 aliphatic rings. The molecule has 0 aliphatic carbocycles. The zero-order valence-corrected chi connectivity index (χ0v) is 33.3. The summed E-state index contributed by atoms with van der Waals surface area (Å²) in [6.45, 7) is 6.73. The molecule has 4 rings (SSSR count). The SMILES string of the molecule is CCOP(=O)([O-])CC(Sc1nn[nH]n1)C1=C(C(=O)[O-])N2C(=O)[C@@H](NC(=O)Cc3ccccc3CNC(=O)OC(C)(C)C)[C@@H]2SC1.[Na+].[Na+]. The number of thioether (sulfide) groups is 2. The minimum Gasteiger partial charge on any atom is -0.778 e. The summed E-state index contributed by atoms with van der Waals surface area (Å²) in [6, 6.07) is 5.94. The van der Waals surface area contributed by atoms with Crippen LogP contribution in [0.1, 0.15) is 38.8 Å². The monoisotopic (exact) mass is 727 g/mol. The number of nitrogens with zero attached hydrogens (tertiary/aromatic N) is 4. The van der Waals surface area contributed by atoms with Gasteiger partial charge in [0.2, 0.25) is 11.1 Å². The second-order valence-electron chi connectivity index (χ2n) is 10.9. The van der Waals surface area contributed by atoms with Crippen molar-refractivity contribution in [1.29, 1.82) is 0 Å². The Bertz CT molecular complexity index is 1530. The van der Waals surface area contributed by atoms with Crippen LogP contribution in [0.15, 0.2) is 40.7 Å². The number of benzene rings is 1. The summed E-state index contributed by atoms with van der Waals surface area (Å²) in [5, 5.41) is 29.3. The maximum Gasteiger partial charge on any atom is 1.00 e. The van der Waals surface area contributed by atoms with Gasteiger partial charge in [-0.05, 0) is 49.6 Å². The van der Waals surface area contributed by atoms with E-state index < -0.39 is 65.6 Å². The van der Waals surface area contributed by atoms with E-state index in [-0.39, 0.29) is 95.2 Å². The number of β-lactam (4-membered cyclic amide) rings is 1. The summed E-state index contributed by atoms with van der Waals surface area (Å²) in [6.07, 6.45) is -1.32. The Labute approximate surface area is 323 Å². The number of hydrogen-bond donors (Lipinski definition) is 3. The Hall–Kier alpha value is -1.44. The Morgan fingerprint density at radius 3 is 2.51 bits per heavy atom. The van der Waals surface area contributed by atoms with Crippen LogP contribution in [-0.4, -0.2) is 90.2 Å². The Kier molecular flexibility index (Phi) is 16.0. The summed E-state index contributed by atoms with van der Waals surface area (Å²) in [5.74, 6) is -2.82. The molecule has 0 radical (unpaired) electrons. The fourth-order valence-corrected chi connectivity index (χ4v) is 8.93. The van der Waals surface area contributed by atoms with Gasteiger partial charge in [-0.3, -0.25) is 14.5 Å². The third kappa shape index (κ3) is 11.3. The predicted molar refractivity (Wildman–Crippen MR) is 158 cm³/mol. The van der Waals surface area contributed by atoms with Gasteiger partial charge in [0.1, 0.15) is 24.6 Å². The number of carboxylic acid groups (broad SMARTS) is 1. The van der Waals surface area contributed by atoms with Crippen molar-refractivity contribution in [2.45, 2.75) is 68.1 Å². The van der Waals surface area contributed by atoms with Crippen LogP contribution in [0.2, 0.25) is 0 Å². The van der Waals surface area contributed by atoms with Crippen LogP contribution in [0, 0.1) is 0 Å². The number of hydrogen-bond acceptors (Lipinski definition) is 14. The number of carbonyl (C=O) groups is 4. The number of nitrogens with one attached hydrogen (secondary N) is 3. The number of aromatic nitrogens is 4. The van der Waals surface area contributed by atoms with E-state index in [0.29, 0.717) is 11.1 Å². The summed E-state index contributed by atoms with van der Waals surface area (Å²) in [7, 11) is -4.42. The Balaban J connectivity index is 0.00000384. The zero-order valence-electron chi connectivity index (χ0n) is 26.8. The third-order valence-electron chi connectivity index (χ3n) is 6.48. The number of rotatable bonds is 13. The number of tetrazole rings is 1. The molecule has 1 aromatic heterocycles. The molecule has 244 valence electrons. The molecule has 2 aromatic rings. The van der Waals surface area contributed by atoms with E-state index in [1.54, 1.807) is 45.0 Å². The minimum atomic E-state index is -4.42. The number of fused-ring (bicyclic) bond motifs is 1. The molecule has 2 aliphatic heterocycles. The van der Waals surface area contributed by atoms with E-state index in [2.05, 4.69) is 31.3 Å². The van der Waals surface area contributed by atoms with E-state index in [9.17, 15) is 33.7 Å². The minimum absolute atomic E-state index is 0. The molecule has 3 heterocycles. The molecule has 47 heavy (non-hydrogen) atoms. The molecule has 21 heteroatoms. The van der Waals surface area contributed by atoms with Crippen molar-refractivity contribution in [2.24, 2.45) is 0 Å². The number of amides is 3. The second kappa shape index (κ2) is 18.0. The molecule has 0 saturated carbocycles. The maximum atomic E-state index is 13.3. The number of carboxylic acids is 1. The van der Waals surface area contributed by atoms with Crippen LogP contribution in [0.25, 0.3) is 0 Å². The van der Waals surface area contributed by atoms with Crippen LogP contribution in [0.5, 0.6) is 0 Å². The summed E-state index contributed by atoms with van der Waals surface area (Å²) in [5.41, 5.74) is 0.260. The first-order valence-electron chi connectivity index (χ1n) is 13.8. The van der Waals surface area contributed by atoms with Crippen molar-refractivity contribution in [3.05, 3.63) is 46.7 Å². The number of ether oxygens (including phenoxy) is 1. The number of aliphatic carboxylic acids is 1. The van der Waals surface area contributed by atoms with Crippen LogP contribution in [-0.2, 0) is 41.2 Å². The van der Waals surface area contributed by atoms with Crippen LogP contribution >= 0.6 is 31.1 Å². The van der Waals surface area contributed by atoms with Gasteiger partial charge in [0.25, 0.3) is 5.91 Å². The van der Waals surface area contributed by atoms with Crippen LogP contribution in [0.4, 0.5) is 4.79 Å². The van der Waals surface area contributed by atoms with Crippen molar-refractivity contribution in [2.75, 3.05) is 18.5 Å². The Morgan fingerprint density at radius 2 is 1.91 bits per heavy atom. The van der Waals surface area contributed by atoms with Gasteiger partial charge in [0.05, 0.1) is 24.7 Å². The van der Waals surface area contributed by atoms with E-state index in [1.165, 1.54) is 18.7 Å². The van der Waals surface area contributed by atoms with Crippen molar-refractivity contribution in [1.82, 2.24) is 36.2 Å². The zero-order chi connectivity index (χ0) is 32.9. The average Bonchev–Trinajstić information content (AvgIpc) is 3.46. The first kappa shape index (κ1) is 41.7. The number of carbonyl (C=O) groups excluding carboxylic acids is 4. The van der Waals surface area contributed by atoms with Crippen molar-refractivity contribution < 1.29 is 102 Å². The first-order chi connectivity index (χ1) is 21.2. The van der Waals surface area contributed by atoms with Crippen molar-refractivity contribution in [3.63, 3.8) is 0 Å². The van der Waals surface area contributed by atoms with Gasteiger partial charge < -0.3 is 39.3 Å². The second-order valence-corrected chi connectivity index (χ2v) is 15.0. The van der Waals surface area contributed by atoms with E-state index in [1.807, 2.05) is 0 Å². The molecule has 16 nitrogen and oxygen atoms in total. The molecule has 4 atom stereocenters. The maximum absolute atomic E-state index is 13.3. The predicted octanol–water partition coefficient (Wildman–Crippen LogP) is -6.07. The van der Waals surface area contributed by atoms with Crippen molar-refractivity contribution >= 4 is 55.0 Å².